The summed E-state index contributed by atoms with van der Waals surface area (Å²) in [4.78, 5) is 15.2. The summed E-state index contributed by atoms with van der Waals surface area (Å²) in [5.74, 6) is 0.528. The van der Waals surface area contributed by atoms with Crippen LogP contribution in [0.15, 0.2) is 17.1 Å². The van der Waals surface area contributed by atoms with Gasteiger partial charge in [-0.05, 0) is 6.42 Å². The molecule has 20 heavy (non-hydrogen) atoms. The molecule has 1 rings (SSSR count). The van der Waals surface area contributed by atoms with Crippen LogP contribution in [0.4, 0.5) is 10.5 Å². The van der Waals surface area contributed by atoms with Gasteiger partial charge in [0.2, 0.25) is 0 Å². The van der Waals surface area contributed by atoms with Gasteiger partial charge in [-0.15, -0.1) is 0 Å². The summed E-state index contributed by atoms with van der Waals surface area (Å²) in [5.41, 5.74) is 5.65. The maximum atomic E-state index is 11.6. The lowest BCUT2D eigenvalue weighted by Gasteiger charge is -2.12. The molecule has 8 heteroatoms. The fourth-order valence-corrected chi connectivity index (χ4v) is 1.85. The van der Waals surface area contributed by atoms with Gasteiger partial charge in [0.1, 0.15) is 5.75 Å². The predicted molar refractivity (Wildman–Crippen MR) is 81.9 cm³/mol. The summed E-state index contributed by atoms with van der Waals surface area (Å²) in [6.45, 7) is 2.55. The molecule has 0 atom stereocenters. The minimum absolute atomic E-state index is 0.0161. The number of urea groups is 1. The van der Waals surface area contributed by atoms with E-state index in [1.807, 2.05) is 6.92 Å². The van der Waals surface area contributed by atoms with Crippen LogP contribution in [0.2, 0.25) is 10.0 Å². The third kappa shape index (κ3) is 4.79. The molecule has 0 aromatic heterocycles. The molecule has 0 heterocycles. The number of hydrogen-bond acceptors (Lipinski definition) is 3. The van der Waals surface area contributed by atoms with E-state index in [0.29, 0.717) is 12.4 Å². The first-order chi connectivity index (χ1) is 9.47. The molecule has 1 aromatic carbocycles. The van der Waals surface area contributed by atoms with Crippen molar-refractivity contribution < 1.29 is 9.53 Å². The molecule has 0 radical (unpaired) electrons. The van der Waals surface area contributed by atoms with Crippen molar-refractivity contribution in [3.63, 3.8) is 0 Å². The molecule has 0 aliphatic heterocycles. The van der Waals surface area contributed by atoms with Crippen LogP contribution in [0.25, 0.3) is 0 Å². The number of rotatable bonds is 4. The Bertz CT molecular complexity index is 497. The number of anilines is 1. The van der Waals surface area contributed by atoms with Crippen molar-refractivity contribution in [1.82, 2.24) is 5.32 Å². The number of nitrogens with one attached hydrogen (secondary N) is 2. The second-order valence-corrected chi connectivity index (χ2v) is 4.61. The second-order valence-electron chi connectivity index (χ2n) is 3.80. The molecule has 0 aliphatic rings. The molecule has 0 unspecified atom stereocenters. The number of carbonyl (C=O) groups excluding carboxylic acids is 1. The molecule has 0 bridgehead atoms. The minimum Gasteiger partial charge on any atom is -0.493 e. The van der Waals surface area contributed by atoms with Crippen molar-refractivity contribution in [2.75, 3.05) is 19.0 Å². The van der Waals surface area contributed by atoms with Crippen LogP contribution in [0.5, 0.6) is 5.75 Å². The van der Waals surface area contributed by atoms with E-state index < -0.39 is 6.03 Å². The van der Waals surface area contributed by atoms with Gasteiger partial charge in [0.15, 0.2) is 5.96 Å². The maximum absolute atomic E-state index is 11.6. The minimum atomic E-state index is -0.584. The maximum Gasteiger partial charge on any atom is 0.326 e. The van der Waals surface area contributed by atoms with E-state index in [-0.39, 0.29) is 21.7 Å². The van der Waals surface area contributed by atoms with Crippen LogP contribution in [-0.2, 0) is 0 Å². The van der Waals surface area contributed by atoms with Gasteiger partial charge in [0.25, 0.3) is 0 Å². The van der Waals surface area contributed by atoms with Crippen LogP contribution < -0.4 is 21.1 Å². The number of benzene rings is 1. The van der Waals surface area contributed by atoms with Gasteiger partial charge in [-0.25, -0.2) is 4.79 Å². The highest BCUT2D eigenvalue weighted by molar-refractivity contribution is 6.40. The Kier molecular flexibility index (Phi) is 6.41. The number of carbonyl (C=O) groups is 1. The molecule has 110 valence electrons. The van der Waals surface area contributed by atoms with Gasteiger partial charge in [0.05, 0.1) is 22.3 Å². The number of nitrogens with two attached hydrogens (primary N) is 1. The largest absolute Gasteiger partial charge is 0.493 e. The van der Waals surface area contributed by atoms with Gasteiger partial charge >= 0.3 is 6.03 Å². The Morgan fingerprint density at radius 1 is 1.40 bits per heavy atom. The summed E-state index contributed by atoms with van der Waals surface area (Å²) >= 11 is 12.1. The number of guanidine groups is 1. The van der Waals surface area contributed by atoms with E-state index in [2.05, 4.69) is 15.6 Å². The van der Waals surface area contributed by atoms with Crippen molar-refractivity contribution in [2.45, 2.75) is 13.3 Å². The summed E-state index contributed by atoms with van der Waals surface area (Å²) < 4.78 is 5.42. The topological polar surface area (TPSA) is 88.7 Å². The van der Waals surface area contributed by atoms with E-state index >= 15 is 0 Å². The Morgan fingerprint density at radius 3 is 2.50 bits per heavy atom. The predicted octanol–water partition coefficient (Wildman–Crippen LogP) is 2.85. The first-order valence-electron chi connectivity index (χ1n) is 5.90. The first-order valence-corrected chi connectivity index (χ1v) is 6.65. The molecular formula is C12H16Cl2N4O2. The Morgan fingerprint density at radius 2 is 2.00 bits per heavy atom. The standard InChI is InChI=1S/C12H16Cl2N4O2/c1-3-4-20-7-5-8(13)10(9(14)6-7)17-12(19)18-11(15)16-2/h5-6H,3-4H2,1-2H3,(H4,15,16,17,18,19). The van der Waals surface area contributed by atoms with Gasteiger partial charge < -0.3 is 15.8 Å². The van der Waals surface area contributed by atoms with Gasteiger partial charge in [-0.2, -0.15) is 0 Å². The lowest BCUT2D eigenvalue weighted by molar-refractivity contribution is 0.256. The first kappa shape index (κ1) is 16.4. The Balaban J connectivity index is 2.83. The molecule has 0 saturated carbocycles. The van der Waals surface area contributed by atoms with Gasteiger partial charge in [-0.3, -0.25) is 10.3 Å². The second kappa shape index (κ2) is 7.81. The van der Waals surface area contributed by atoms with E-state index in [1.165, 1.54) is 7.05 Å². The molecule has 0 fully saturated rings. The lowest BCUT2D eigenvalue weighted by atomic mass is 10.3. The van der Waals surface area contributed by atoms with Gasteiger partial charge in [0, 0.05) is 19.2 Å². The van der Waals surface area contributed by atoms with Crippen molar-refractivity contribution in [2.24, 2.45) is 10.7 Å². The van der Waals surface area contributed by atoms with Crippen LogP contribution in [0.1, 0.15) is 13.3 Å². The zero-order valence-corrected chi connectivity index (χ0v) is 12.7. The SMILES string of the molecule is CCCOc1cc(Cl)c(NC(=O)NC(N)=NC)c(Cl)c1. The third-order valence-electron chi connectivity index (χ3n) is 2.21. The van der Waals surface area contributed by atoms with Crippen LogP contribution in [0, 0.1) is 0 Å². The van der Waals surface area contributed by atoms with Gasteiger partial charge in [-0.1, -0.05) is 30.1 Å². The molecule has 6 nitrogen and oxygen atoms in total. The zero-order chi connectivity index (χ0) is 15.1. The molecule has 2 amide bonds. The summed E-state index contributed by atoms with van der Waals surface area (Å²) in [6, 6.07) is 2.57. The summed E-state index contributed by atoms with van der Waals surface area (Å²) in [5, 5.41) is 5.35. The fraction of sp³-hybridized carbons (Fsp3) is 0.333. The highest BCUT2D eigenvalue weighted by Crippen LogP contribution is 2.34. The van der Waals surface area contributed by atoms with E-state index in [9.17, 15) is 4.79 Å². The lowest BCUT2D eigenvalue weighted by Crippen LogP contribution is -2.39. The monoisotopic (exact) mass is 318 g/mol. The Labute approximate surface area is 127 Å². The average molecular weight is 319 g/mol. The van der Waals surface area contributed by atoms with E-state index in [0.717, 1.165) is 6.42 Å². The fourth-order valence-electron chi connectivity index (χ4n) is 1.29. The summed E-state index contributed by atoms with van der Waals surface area (Å²) in [6.07, 6.45) is 0.868. The normalized spacial score (nSPS) is 11.1. The number of aliphatic imine (C=N–C) groups is 1. The average Bonchev–Trinajstić information content (AvgIpc) is 2.40. The summed E-state index contributed by atoms with van der Waals surface area (Å²) in [7, 11) is 1.45. The molecule has 0 saturated heterocycles. The van der Waals surface area contributed by atoms with Crippen molar-refractivity contribution in [1.29, 1.82) is 0 Å². The number of amides is 2. The van der Waals surface area contributed by atoms with E-state index in [4.69, 9.17) is 33.7 Å². The highest BCUT2D eigenvalue weighted by atomic mass is 35.5. The molecule has 0 aliphatic carbocycles. The van der Waals surface area contributed by atoms with Crippen molar-refractivity contribution in [3.05, 3.63) is 22.2 Å². The van der Waals surface area contributed by atoms with Crippen molar-refractivity contribution in [3.8, 4) is 5.75 Å². The third-order valence-corrected chi connectivity index (χ3v) is 2.81. The molecular weight excluding hydrogens is 303 g/mol. The van der Waals surface area contributed by atoms with Crippen LogP contribution >= 0.6 is 23.2 Å². The molecule has 4 N–H and O–H groups in total. The number of ether oxygens (including phenoxy) is 1. The van der Waals surface area contributed by atoms with Crippen LogP contribution in [0.3, 0.4) is 0 Å². The molecule has 1 aromatic rings. The molecule has 0 spiro atoms. The highest BCUT2D eigenvalue weighted by Gasteiger charge is 2.12. The number of nitrogens with zero attached hydrogens (tertiary/aromatic N) is 1. The number of hydrogen-bond donors (Lipinski definition) is 3. The van der Waals surface area contributed by atoms with Crippen molar-refractivity contribution >= 4 is 40.9 Å². The zero-order valence-electron chi connectivity index (χ0n) is 11.2. The number of halogens is 2. The Hall–Kier alpha value is -1.66. The smallest absolute Gasteiger partial charge is 0.326 e. The van der Waals surface area contributed by atoms with E-state index in [1.54, 1.807) is 12.1 Å². The van der Waals surface area contributed by atoms with Crippen LogP contribution in [-0.4, -0.2) is 25.6 Å². The quantitative estimate of drug-likeness (QED) is 0.589.